The molecule has 1 aromatic rings. The van der Waals surface area contributed by atoms with Crippen LogP contribution in [0.1, 0.15) is 55.1 Å². The second-order valence-electron chi connectivity index (χ2n) is 7.20. The Hall–Kier alpha value is -0.670. The van der Waals surface area contributed by atoms with Crippen molar-refractivity contribution >= 4 is 11.8 Å². The topological polar surface area (TPSA) is 12.5 Å². The molecule has 0 radical (unpaired) electrons. The molecular weight excluding hydrogens is 290 g/mol. The molecule has 3 heterocycles. The Morgan fingerprint density at radius 3 is 2.86 bits per heavy atom. The number of hydrogen-bond donors (Lipinski definition) is 0. The van der Waals surface area contributed by atoms with Gasteiger partial charge in [0.25, 0.3) is 0 Å². The number of fused-ring (bicyclic) bond motifs is 1. The molecule has 2 saturated heterocycles. The van der Waals surface area contributed by atoms with E-state index in [2.05, 4.69) is 41.9 Å². The van der Waals surface area contributed by atoms with Gasteiger partial charge in [-0.25, -0.2) is 0 Å². The van der Waals surface area contributed by atoms with E-state index >= 15 is 0 Å². The van der Waals surface area contributed by atoms with Crippen LogP contribution in [0.4, 0.5) is 0 Å². The van der Waals surface area contributed by atoms with Gasteiger partial charge in [-0.1, -0.05) is 12.1 Å². The van der Waals surface area contributed by atoms with Crippen molar-refractivity contribution in [1.29, 1.82) is 0 Å². The number of rotatable bonds is 3. The first-order valence-electron chi connectivity index (χ1n) is 8.86. The Labute approximate surface area is 138 Å². The van der Waals surface area contributed by atoms with Crippen LogP contribution in [0.5, 0.6) is 5.75 Å². The highest BCUT2D eigenvalue weighted by Gasteiger charge is 2.31. The summed E-state index contributed by atoms with van der Waals surface area (Å²) in [6.45, 7) is 2.16. The van der Waals surface area contributed by atoms with Crippen molar-refractivity contribution in [2.45, 2.75) is 50.0 Å². The van der Waals surface area contributed by atoms with Crippen molar-refractivity contribution in [3.63, 3.8) is 0 Å². The predicted molar refractivity (Wildman–Crippen MR) is 94.2 cm³/mol. The van der Waals surface area contributed by atoms with Gasteiger partial charge in [0.2, 0.25) is 0 Å². The molecule has 0 aliphatic carbocycles. The molecule has 2 nitrogen and oxygen atoms in total. The Morgan fingerprint density at radius 2 is 2.09 bits per heavy atom. The van der Waals surface area contributed by atoms with Crippen LogP contribution in [-0.2, 0) is 0 Å². The van der Waals surface area contributed by atoms with Gasteiger partial charge in [-0.05, 0) is 74.7 Å². The van der Waals surface area contributed by atoms with E-state index in [1.165, 1.54) is 55.7 Å². The van der Waals surface area contributed by atoms with E-state index in [1.807, 2.05) is 0 Å². The van der Waals surface area contributed by atoms with E-state index in [-0.39, 0.29) is 0 Å². The zero-order valence-corrected chi connectivity index (χ0v) is 14.4. The summed E-state index contributed by atoms with van der Waals surface area (Å²) in [7, 11) is 2.28. The molecular formula is C19H27NOS. The van der Waals surface area contributed by atoms with Gasteiger partial charge in [-0.3, -0.25) is 0 Å². The monoisotopic (exact) mass is 317 g/mol. The smallest absolute Gasteiger partial charge is 0.122 e. The molecule has 1 aromatic carbocycles. The Balaban J connectivity index is 1.52. The van der Waals surface area contributed by atoms with Gasteiger partial charge >= 0.3 is 0 Å². The maximum Gasteiger partial charge on any atom is 0.122 e. The number of thioether (sulfide) groups is 1. The average Bonchev–Trinajstić information content (AvgIpc) is 3.15. The molecule has 0 spiro atoms. The Kier molecular flexibility index (Phi) is 4.36. The van der Waals surface area contributed by atoms with Gasteiger partial charge in [0.1, 0.15) is 5.75 Å². The van der Waals surface area contributed by atoms with Crippen molar-refractivity contribution in [3.8, 4) is 5.75 Å². The molecule has 22 heavy (non-hydrogen) atoms. The van der Waals surface area contributed by atoms with Crippen LogP contribution >= 0.6 is 11.8 Å². The first-order chi connectivity index (χ1) is 10.8. The molecule has 3 aliphatic heterocycles. The van der Waals surface area contributed by atoms with E-state index in [1.54, 1.807) is 5.56 Å². The largest absolute Gasteiger partial charge is 0.493 e. The molecule has 0 aromatic heterocycles. The highest BCUT2D eigenvalue weighted by atomic mass is 32.2. The van der Waals surface area contributed by atoms with Crippen molar-refractivity contribution in [2.24, 2.45) is 0 Å². The number of ether oxygens (including phenoxy) is 1. The molecule has 1 unspecified atom stereocenters. The molecule has 0 amide bonds. The minimum absolute atomic E-state index is 0.610. The van der Waals surface area contributed by atoms with Crippen LogP contribution in [0.2, 0.25) is 0 Å². The molecule has 2 atom stereocenters. The number of benzene rings is 1. The van der Waals surface area contributed by atoms with Crippen molar-refractivity contribution in [2.75, 3.05) is 31.7 Å². The molecule has 120 valence electrons. The van der Waals surface area contributed by atoms with Gasteiger partial charge < -0.3 is 9.64 Å². The van der Waals surface area contributed by atoms with Gasteiger partial charge in [-0.15, -0.1) is 0 Å². The lowest BCUT2D eigenvalue weighted by molar-refractivity contribution is 0.257. The summed E-state index contributed by atoms with van der Waals surface area (Å²) < 4.78 is 5.98. The summed E-state index contributed by atoms with van der Waals surface area (Å²) in [6, 6.07) is 7.81. The molecule has 4 rings (SSSR count). The lowest BCUT2D eigenvalue weighted by Gasteiger charge is -2.24. The fourth-order valence-corrected chi connectivity index (χ4v) is 5.49. The van der Waals surface area contributed by atoms with E-state index in [0.717, 1.165) is 24.3 Å². The third-order valence-corrected chi connectivity index (χ3v) is 6.88. The lowest BCUT2D eigenvalue weighted by atomic mass is 9.87. The van der Waals surface area contributed by atoms with Crippen molar-refractivity contribution in [1.82, 2.24) is 4.90 Å². The van der Waals surface area contributed by atoms with Crippen molar-refractivity contribution in [3.05, 3.63) is 29.3 Å². The minimum Gasteiger partial charge on any atom is -0.493 e. The Bertz CT molecular complexity index is 526. The third-order valence-electron chi connectivity index (χ3n) is 5.83. The van der Waals surface area contributed by atoms with Crippen LogP contribution in [-0.4, -0.2) is 42.6 Å². The van der Waals surface area contributed by atoms with E-state index in [4.69, 9.17) is 4.74 Å². The first kappa shape index (κ1) is 14.9. The molecule has 0 bridgehead atoms. The fraction of sp³-hybridized carbons (Fsp3) is 0.684. The zero-order valence-electron chi connectivity index (χ0n) is 13.6. The summed E-state index contributed by atoms with van der Waals surface area (Å²) >= 11 is 2.11. The van der Waals surface area contributed by atoms with Crippen LogP contribution in [0.15, 0.2) is 18.2 Å². The summed E-state index contributed by atoms with van der Waals surface area (Å²) in [5, 5.41) is 0. The summed E-state index contributed by atoms with van der Waals surface area (Å²) in [4.78, 5) is 2.54. The fourth-order valence-electron chi connectivity index (χ4n) is 4.38. The summed E-state index contributed by atoms with van der Waals surface area (Å²) in [6.07, 6.45) is 6.69. The lowest BCUT2D eigenvalue weighted by Crippen LogP contribution is -2.27. The molecule has 0 saturated carbocycles. The first-order valence-corrected chi connectivity index (χ1v) is 10.0. The van der Waals surface area contributed by atoms with Gasteiger partial charge in [0.15, 0.2) is 0 Å². The van der Waals surface area contributed by atoms with E-state index in [9.17, 15) is 0 Å². The summed E-state index contributed by atoms with van der Waals surface area (Å²) in [5.41, 5.74) is 3.06. The average molecular weight is 317 g/mol. The van der Waals surface area contributed by atoms with Crippen LogP contribution in [0.3, 0.4) is 0 Å². The normalized spacial score (nSPS) is 29.5. The van der Waals surface area contributed by atoms with Crippen LogP contribution in [0.25, 0.3) is 0 Å². The second kappa shape index (κ2) is 6.45. The van der Waals surface area contributed by atoms with Crippen LogP contribution in [0, 0.1) is 0 Å². The van der Waals surface area contributed by atoms with E-state index in [0.29, 0.717) is 5.92 Å². The number of nitrogens with zero attached hydrogens (tertiary/aromatic N) is 1. The van der Waals surface area contributed by atoms with Crippen molar-refractivity contribution < 1.29 is 4.74 Å². The minimum atomic E-state index is 0.610. The number of likely N-dealkylation sites (tertiary alicyclic amines) is 1. The number of hydrogen-bond acceptors (Lipinski definition) is 3. The molecule has 0 N–H and O–H groups in total. The SMILES string of the molecule is CN1CCC[C@@H]1CC1COc2ccc(C3CCSCC3)cc21. The quantitative estimate of drug-likeness (QED) is 0.826. The molecule has 2 fully saturated rings. The standard InChI is InChI=1S/C19H27NOS/c1-20-8-2-3-17(20)11-16-13-21-19-5-4-15(12-18(16)19)14-6-9-22-10-7-14/h4-5,12,14,16-17H,2-3,6-11,13H2,1H3/t16?,17-/m1/s1. The van der Waals surface area contributed by atoms with Gasteiger partial charge in [0.05, 0.1) is 6.61 Å². The van der Waals surface area contributed by atoms with Gasteiger partial charge in [-0.2, -0.15) is 11.8 Å². The van der Waals surface area contributed by atoms with Crippen LogP contribution < -0.4 is 4.74 Å². The maximum absolute atomic E-state index is 5.98. The molecule has 3 heteroatoms. The molecule has 3 aliphatic rings. The summed E-state index contributed by atoms with van der Waals surface area (Å²) in [5.74, 6) is 5.20. The highest BCUT2D eigenvalue weighted by molar-refractivity contribution is 7.99. The van der Waals surface area contributed by atoms with Gasteiger partial charge in [0, 0.05) is 17.5 Å². The van der Waals surface area contributed by atoms with E-state index < -0.39 is 0 Å². The zero-order chi connectivity index (χ0) is 14.9. The maximum atomic E-state index is 5.98. The Morgan fingerprint density at radius 1 is 1.23 bits per heavy atom. The highest BCUT2D eigenvalue weighted by Crippen LogP contribution is 2.41. The third kappa shape index (κ3) is 2.90. The second-order valence-corrected chi connectivity index (χ2v) is 8.43. The predicted octanol–water partition coefficient (Wildman–Crippen LogP) is 4.26.